The normalized spacial score (nSPS) is 30.9. The zero-order valence-electron chi connectivity index (χ0n) is 20.6. The van der Waals surface area contributed by atoms with Gasteiger partial charge in [-0.25, -0.2) is 3.63 Å². The van der Waals surface area contributed by atoms with Crippen LogP contribution in [0.3, 0.4) is 0 Å². The summed E-state index contributed by atoms with van der Waals surface area (Å²) in [5.41, 5.74) is -1.14. The lowest BCUT2D eigenvalue weighted by molar-refractivity contribution is -0.128. The highest BCUT2D eigenvalue weighted by molar-refractivity contribution is 8.33. The number of hydrogen-bond donors (Lipinski definition) is 0. The highest BCUT2D eigenvalue weighted by atomic mass is 32.3. The molecule has 3 rings (SSSR count). The molecule has 3 aliphatic rings. The molecule has 3 aliphatic carbocycles. The van der Waals surface area contributed by atoms with Gasteiger partial charge in [-0.3, -0.25) is 9.59 Å². The first-order valence-corrected chi connectivity index (χ1v) is 16.5. The SMILES string of the molecule is CCCCCCC(=O)CS(C)(OS(=O)(=O)CC12CCC(CC1=O)C2(C)C)C1CCCCC1. The van der Waals surface area contributed by atoms with E-state index in [-0.39, 0.29) is 39.7 Å². The maximum absolute atomic E-state index is 13.5. The summed E-state index contributed by atoms with van der Waals surface area (Å²) in [6.45, 7) is 6.25. The zero-order valence-corrected chi connectivity index (χ0v) is 22.3. The van der Waals surface area contributed by atoms with E-state index >= 15 is 0 Å². The highest BCUT2D eigenvalue weighted by Crippen LogP contribution is 2.65. The van der Waals surface area contributed by atoms with Crippen LogP contribution in [0.2, 0.25) is 0 Å². The Morgan fingerprint density at radius 2 is 1.75 bits per heavy atom. The highest BCUT2D eigenvalue weighted by Gasteiger charge is 2.65. The summed E-state index contributed by atoms with van der Waals surface area (Å²) in [5.74, 6) is 0.508. The maximum Gasteiger partial charge on any atom is 0.277 e. The molecule has 0 aliphatic heterocycles. The summed E-state index contributed by atoms with van der Waals surface area (Å²) >= 11 is 0. The van der Waals surface area contributed by atoms with Crippen LogP contribution in [0.4, 0.5) is 0 Å². The van der Waals surface area contributed by atoms with Crippen LogP contribution < -0.4 is 0 Å². The summed E-state index contributed by atoms with van der Waals surface area (Å²) in [4.78, 5) is 25.8. The predicted molar refractivity (Wildman–Crippen MR) is 132 cm³/mol. The van der Waals surface area contributed by atoms with Crippen LogP contribution in [-0.4, -0.2) is 43.0 Å². The number of Topliss-reactive ketones (excluding diaryl/α,β-unsaturated/α-hetero) is 2. The van der Waals surface area contributed by atoms with Gasteiger partial charge in [-0.05, 0) is 49.7 Å². The van der Waals surface area contributed by atoms with E-state index in [1.807, 2.05) is 6.26 Å². The first-order valence-electron chi connectivity index (χ1n) is 12.7. The molecule has 2 bridgehead atoms. The van der Waals surface area contributed by atoms with E-state index < -0.39 is 25.8 Å². The van der Waals surface area contributed by atoms with Gasteiger partial charge in [-0.2, -0.15) is 8.42 Å². The van der Waals surface area contributed by atoms with E-state index in [1.165, 1.54) is 0 Å². The lowest BCUT2D eigenvalue weighted by Gasteiger charge is -2.44. The van der Waals surface area contributed by atoms with Gasteiger partial charge in [0.1, 0.15) is 11.6 Å². The van der Waals surface area contributed by atoms with Crippen LogP contribution in [-0.2, 0) is 23.3 Å². The minimum atomic E-state index is -3.93. The van der Waals surface area contributed by atoms with E-state index in [4.69, 9.17) is 3.63 Å². The minimum Gasteiger partial charge on any atom is -0.299 e. The molecule has 3 unspecified atom stereocenters. The Labute approximate surface area is 197 Å². The smallest absolute Gasteiger partial charge is 0.277 e. The van der Waals surface area contributed by atoms with Crippen LogP contribution in [0.15, 0.2) is 0 Å². The molecule has 0 amide bonds. The molecule has 3 atom stereocenters. The van der Waals surface area contributed by atoms with Crippen molar-refractivity contribution in [3.8, 4) is 0 Å². The molecule has 0 aromatic carbocycles. The maximum atomic E-state index is 13.5. The summed E-state index contributed by atoms with van der Waals surface area (Å²) in [7, 11) is -6.04. The van der Waals surface area contributed by atoms with Crippen molar-refractivity contribution in [2.45, 2.75) is 109 Å². The van der Waals surface area contributed by atoms with Crippen LogP contribution in [0.1, 0.15) is 104 Å². The Hall–Kier alpha value is -0.400. The van der Waals surface area contributed by atoms with E-state index in [9.17, 15) is 18.0 Å². The molecule has 0 saturated heterocycles. The van der Waals surface area contributed by atoms with Crippen molar-refractivity contribution < 1.29 is 21.6 Å². The second kappa shape index (κ2) is 10.1. The second-order valence-electron chi connectivity index (χ2n) is 11.3. The monoisotopic (exact) mass is 488 g/mol. The van der Waals surface area contributed by atoms with Crippen molar-refractivity contribution in [2.24, 2.45) is 16.7 Å². The van der Waals surface area contributed by atoms with Gasteiger partial charge in [0.2, 0.25) is 0 Å². The summed E-state index contributed by atoms with van der Waals surface area (Å²) in [6, 6.07) is 0. The molecule has 32 heavy (non-hydrogen) atoms. The summed E-state index contributed by atoms with van der Waals surface area (Å²) < 4.78 is 33.0. The fourth-order valence-corrected chi connectivity index (χ4v) is 12.9. The molecule has 5 nitrogen and oxygen atoms in total. The largest absolute Gasteiger partial charge is 0.299 e. The first kappa shape index (κ1) is 26.2. The average molecular weight is 489 g/mol. The minimum absolute atomic E-state index is 0.0901. The number of hydrogen-bond acceptors (Lipinski definition) is 5. The first-order chi connectivity index (χ1) is 15.0. The molecule has 3 fully saturated rings. The molecule has 0 aromatic heterocycles. The van der Waals surface area contributed by atoms with Crippen molar-refractivity contribution >= 4 is 32.0 Å². The topological polar surface area (TPSA) is 77.5 Å². The van der Waals surface area contributed by atoms with Crippen molar-refractivity contribution in [3.05, 3.63) is 0 Å². The molecule has 0 radical (unpaired) electrons. The van der Waals surface area contributed by atoms with Gasteiger partial charge in [-0.15, -0.1) is 10.3 Å². The van der Waals surface area contributed by atoms with E-state index in [1.54, 1.807) is 0 Å². The van der Waals surface area contributed by atoms with Crippen molar-refractivity contribution in [3.63, 3.8) is 0 Å². The standard InChI is InChI=1S/C25H44O5S2/c1-5-6-7-9-12-21(26)18-31(4,22-13-10-8-11-14-22)30-32(28,29)19-25-16-15-20(17-23(25)27)24(25,2)3/h20,22H,5-19H2,1-4H3. The lowest BCUT2D eigenvalue weighted by Crippen LogP contribution is -2.43. The van der Waals surface area contributed by atoms with Gasteiger partial charge in [0.05, 0.1) is 16.9 Å². The quantitative estimate of drug-likeness (QED) is 0.317. The third-order valence-electron chi connectivity index (χ3n) is 8.84. The Morgan fingerprint density at radius 3 is 2.31 bits per heavy atom. The predicted octanol–water partition coefficient (Wildman–Crippen LogP) is 5.95. The third-order valence-corrected chi connectivity index (χ3v) is 14.5. The summed E-state index contributed by atoms with van der Waals surface area (Å²) in [5, 5.41) is 0.145. The average Bonchev–Trinajstić information content (AvgIpc) is 3.05. The van der Waals surface area contributed by atoms with Crippen LogP contribution >= 0.6 is 10.3 Å². The fourth-order valence-electron chi connectivity index (χ4n) is 6.57. The number of rotatable bonds is 12. The molecular weight excluding hydrogens is 444 g/mol. The number of carbonyl (C=O) groups is 2. The van der Waals surface area contributed by atoms with Gasteiger partial charge in [-0.1, -0.05) is 59.3 Å². The van der Waals surface area contributed by atoms with E-state index in [2.05, 4.69) is 20.8 Å². The Bertz CT molecular complexity index is 799. The van der Waals surface area contributed by atoms with Crippen molar-refractivity contribution in [1.82, 2.24) is 0 Å². The molecule has 3 saturated carbocycles. The van der Waals surface area contributed by atoms with Crippen molar-refractivity contribution in [1.29, 1.82) is 0 Å². The Kier molecular flexibility index (Phi) is 8.25. The van der Waals surface area contributed by atoms with E-state index in [0.717, 1.165) is 64.2 Å². The van der Waals surface area contributed by atoms with Gasteiger partial charge in [0.15, 0.2) is 0 Å². The molecular formula is C25H44O5S2. The molecule has 0 N–H and O–H groups in total. The molecule has 186 valence electrons. The molecule has 7 heteroatoms. The lowest BCUT2D eigenvalue weighted by atomic mass is 9.70. The van der Waals surface area contributed by atoms with Gasteiger partial charge in [0.25, 0.3) is 10.1 Å². The number of ketones is 2. The summed E-state index contributed by atoms with van der Waals surface area (Å²) in [6.07, 6.45) is 13.8. The number of unbranched alkanes of at least 4 members (excludes halogenated alkanes) is 3. The molecule has 0 aromatic rings. The van der Waals surface area contributed by atoms with Gasteiger partial charge in [0, 0.05) is 18.1 Å². The number of fused-ring (bicyclic) bond motifs is 2. The second-order valence-corrected chi connectivity index (χ2v) is 16.3. The van der Waals surface area contributed by atoms with E-state index in [0.29, 0.717) is 19.3 Å². The van der Waals surface area contributed by atoms with Crippen molar-refractivity contribution in [2.75, 3.05) is 17.8 Å². The van der Waals surface area contributed by atoms with Crippen LogP contribution in [0.5, 0.6) is 0 Å². The Morgan fingerprint density at radius 1 is 1.06 bits per heavy atom. The fraction of sp³-hybridized carbons (Fsp3) is 0.920. The number of carbonyl (C=O) groups excluding carboxylic acids is 2. The molecule has 0 spiro atoms. The van der Waals surface area contributed by atoms with Crippen LogP contribution in [0.25, 0.3) is 0 Å². The molecule has 0 heterocycles. The van der Waals surface area contributed by atoms with Gasteiger partial charge >= 0.3 is 0 Å². The Balaban J connectivity index is 1.76. The van der Waals surface area contributed by atoms with Crippen LogP contribution in [0, 0.1) is 16.7 Å². The van der Waals surface area contributed by atoms with Gasteiger partial charge < -0.3 is 0 Å². The third kappa shape index (κ3) is 5.30. The zero-order chi connectivity index (χ0) is 23.6.